The predicted octanol–water partition coefficient (Wildman–Crippen LogP) is 0.278. The van der Waals surface area contributed by atoms with E-state index < -0.39 is 0 Å². The first kappa shape index (κ1) is 4.43. The van der Waals surface area contributed by atoms with Crippen molar-refractivity contribution in [1.82, 2.24) is 5.32 Å². The van der Waals surface area contributed by atoms with Gasteiger partial charge in [0.1, 0.15) is 0 Å². The second-order valence-corrected chi connectivity index (χ2v) is 1.27. The van der Waals surface area contributed by atoms with E-state index in [1.165, 1.54) is 0 Å². The minimum absolute atomic E-state index is 0.341. The van der Waals surface area contributed by atoms with Gasteiger partial charge in [-0.25, -0.2) is 4.79 Å². The lowest BCUT2D eigenvalue weighted by molar-refractivity contribution is 0.137. The highest BCUT2D eigenvalue weighted by atomic mass is 16.5. The van der Waals surface area contributed by atoms with Crippen molar-refractivity contribution < 1.29 is 9.53 Å². The minimum atomic E-state index is -0.341. The third kappa shape index (κ3) is 1.07. The van der Waals surface area contributed by atoms with Crippen molar-refractivity contribution in [3.63, 3.8) is 0 Å². The largest absolute Gasteiger partial charge is 0.449 e. The molecule has 3 nitrogen and oxygen atoms in total. The van der Waals surface area contributed by atoms with Crippen molar-refractivity contribution in [2.45, 2.75) is 6.42 Å². The standard InChI is InChI=1S/C4H6NO2/c6-4-5-2-1-3-7-4/h2H,1,3H2,(H,5,6). The molecule has 1 rings (SSSR count). The smallest absolute Gasteiger partial charge is 0.407 e. The van der Waals surface area contributed by atoms with Crippen molar-refractivity contribution in [2.75, 3.05) is 6.61 Å². The summed E-state index contributed by atoms with van der Waals surface area (Å²) in [7, 11) is 0. The van der Waals surface area contributed by atoms with Crippen molar-refractivity contribution in [2.24, 2.45) is 0 Å². The number of cyclic esters (lactones) is 1. The molecule has 1 saturated heterocycles. The molecule has 1 aliphatic rings. The van der Waals surface area contributed by atoms with Gasteiger partial charge in [-0.3, -0.25) is 0 Å². The van der Waals surface area contributed by atoms with Gasteiger partial charge in [0.25, 0.3) is 0 Å². The SMILES string of the molecule is O=C1N[CH]CCO1. The molecule has 1 amide bonds. The van der Waals surface area contributed by atoms with Crippen LogP contribution in [0.4, 0.5) is 4.79 Å². The van der Waals surface area contributed by atoms with E-state index in [1.54, 1.807) is 6.54 Å². The molecule has 0 spiro atoms. The van der Waals surface area contributed by atoms with E-state index >= 15 is 0 Å². The van der Waals surface area contributed by atoms with Gasteiger partial charge in [-0.05, 0) is 0 Å². The summed E-state index contributed by atoms with van der Waals surface area (Å²) in [5.74, 6) is 0. The maximum atomic E-state index is 10.1. The highest BCUT2D eigenvalue weighted by Crippen LogP contribution is 1.92. The summed E-state index contributed by atoms with van der Waals surface area (Å²) in [6.45, 7) is 2.21. The van der Waals surface area contributed by atoms with E-state index in [1.807, 2.05) is 0 Å². The summed E-state index contributed by atoms with van der Waals surface area (Å²) >= 11 is 0. The van der Waals surface area contributed by atoms with E-state index in [4.69, 9.17) is 0 Å². The minimum Gasteiger partial charge on any atom is -0.449 e. The van der Waals surface area contributed by atoms with Gasteiger partial charge < -0.3 is 10.1 Å². The molecule has 0 aromatic rings. The average molecular weight is 100 g/mol. The van der Waals surface area contributed by atoms with Crippen LogP contribution in [0.3, 0.4) is 0 Å². The molecule has 0 unspecified atom stereocenters. The Morgan fingerprint density at radius 1 is 1.86 bits per heavy atom. The van der Waals surface area contributed by atoms with E-state index in [-0.39, 0.29) is 6.09 Å². The molecule has 39 valence electrons. The highest BCUT2D eigenvalue weighted by Gasteiger charge is 2.05. The summed E-state index contributed by atoms with van der Waals surface area (Å²) in [5.41, 5.74) is 0. The fraction of sp³-hybridized carbons (Fsp3) is 0.500. The van der Waals surface area contributed by atoms with Crippen molar-refractivity contribution in [3.8, 4) is 0 Å². The van der Waals surface area contributed by atoms with Crippen molar-refractivity contribution in [3.05, 3.63) is 6.54 Å². The normalized spacial score (nSPS) is 20.3. The molecule has 1 heterocycles. The van der Waals surface area contributed by atoms with Gasteiger partial charge >= 0.3 is 6.09 Å². The van der Waals surface area contributed by atoms with Crippen LogP contribution in [0.1, 0.15) is 6.42 Å². The number of rotatable bonds is 0. The Balaban J connectivity index is 2.25. The molecule has 0 atom stereocenters. The number of carbonyl (C=O) groups is 1. The monoisotopic (exact) mass is 100 g/mol. The number of carbonyl (C=O) groups excluding carboxylic acids is 1. The molecule has 0 aromatic carbocycles. The summed E-state index contributed by atoms with van der Waals surface area (Å²) in [6, 6.07) is 0. The van der Waals surface area contributed by atoms with Gasteiger partial charge in [0, 0.05) is 6.42 Å². The van der Waals surface area contributed by atoms with Crippen LogP contribution in [0.15, 0.2) is 0 Å². The zero-order valence-electron chi connectivity index (χ0n) is 3.81. The molecular formula is C4H6NO2. The first-order chi connectivity index (χ1) is 3.39. The molecule has 3 heteroatoms. The zero-order valence-corrected chi connectivity index (χ0v) is 3.81. The molecule has 0 aromatic heterocycles. The fourth-order valence-corrected chi connectivity index (χ4v) is 0.408. The number of amides is 1. The number of hydrogen-bond donors (Lipinski definition) is 1. The Hall–Kier alpha value is -0.730. The lowest BCUT2D eigenvalue weighted by atomic mass is 10.4. The van der Waals surface area contributed by atoms with Gasteiger partial charge in [0.2, 0.25) is 0 Å². The summed E-state index contributed by atoms with van der Waals surface area (Å²) in [5, 5.41) is 2.40. The first-order valence-corrected chi connectivity index (χ1v) is 2.14. The maximum Gasteiger partial charge on any atom is 0.407 e. The fourth-order valence-electron chi connectivity index (χ4n) is 0.408. The molecule has 1 fully saturated rings. The van der Waals surface area contributed by atoms with Crippen LogP contribution in [0, 0.1) is 6.54 Å². The quantitative estimate of drug-likeness (QED) is 0.474. The van der Waals surface area contributed by atoms with Gasteiger partial charge in [-0.15, -0.1) is 0 Å². The average Bonchev–Trinajstić information content (AvgIpc) is 1.69. The Morgan fingerprint density at radius 3 is 3.00 bits per heavy atom. The third-order valence-corrected chi connectivity index (χ3v) is 0.715. The third-order valence-electron chi connectivity index (χ3n) is 0.715. The highest BCUT2D eigenvalue weighted by molar-refractivity contribution is 5.68. The lowest BCUT2D eigenvalue weighted by Crippen LogP contribution is -2.27. The summed E-state index contributed by atoms with van der Waals surface area (Å²) in [4.78, 5) is 10.1. The van der Waals surface area contributed by atoms with Crippen LogP contribution in [0.25, 0.3) is 0 Å². The number of nitrogens with one attached hydrogen (secondary N) is 1. The molecule has 1 aliphatic heterocycles. The molecule has 0 bridgehead atoms. The van der Waals surface area contributed by atoms with E-state index in [0.717, 1.165) is 6.42 Å². The Morgan fingerprint density at radius 2 is 2.71 bits per heavy atom. The Bertz CT molecular complexity index is 73.8. The lowest BCUT2D eigenvalue weighted by Gasteiger charge is -2.10. The molecular weight excluding hydrogens is 94.0 g/mol. The van der Waals surface area contributed by atoms with Gasteiger partial charge in [0.05, 0.1) is 13.2 Å². The molecule has 1 radical (unpaired) electrons. The topological polar surface area (TPSA) is 38.3 Å². The van der Waals surface area contributed by atoms with Crippen LogP contribution in [-0.4, -0.2) is 12.7 Å². The van der Waals surface area contributed by atoms with Gasteiger partial charge in [0.15, 0.2) is 0 Å². The van der Waals surface area contributed by atoms with Crippen LogP contribution in [0.2, 0.25) is 0 Å². The Labute approximate surface area is 41.7 Å². The zero-order chi connectivity index (χ0) is 5.11. The van der Waals surface area contributed by atoms with Gasteiger partial charge in [-0.1, -0.05) is 0 Å². The summed E-state index contributed by atoms with van der Waals surface area (Å²) < 4.78 is 4.50. The Kier molecular flexibility index (Phi) is 1.15. The van der Waals surface area contributed by atoms with Crippen LogP contribution >= 0.6 is 0 Å². The number of alkyl carbamates (subject to hydrolysis) is 1. The molecule has 0 saturated carbocycles. The van der Waals surface area contributed by atoms with Crippen LogP contribution in [-0.2, 0) is 4.74 Å². The number of ether oxygens (including phenoxy) is 1. The molecule has 7 heavy (non-hydrogen) atoms. The van der Waals surface area contributed by atoms with Gasteiger partial charge in [-0.2, -0.15) is 0 Å². The maximum absolute atomic E-state index is 10.1. The second-order valence-electron chi connectivity index (χ2n) is 1.27. The van der Waals surface area contributed by atoms with Crippen molar-refractivity contribution >= 4 is 6.09 Å². The van der Waals surface area contributed by atoms with Crippen LogP contribution in [0.5, 0.6) is 0 Å². The first-order valence-electron chi connectivity index (χ1n) is 2.14. The second kappa shape index (κ2) is 1.82. The molecule has 1 N–H and O–H groups in total. The number of hydrogen-bond acceptors (Lipinski definition) is 2. The van der Waals surface area contributed by atoms with E-state index in [2.05, 4.69) is 10.1 Å². The molecule has 0 aliphatic carbocycles. The van der Waals surface area contributed by atoms with Crippen molar-refractivity contribution in [1.29, 1.82) is 0 Å². The van der Waals surface area contributed by atoms with E-state index in [9.17, 15) is 4.79 Å². The van der Waals surface area contributed by atoms with Crippen LogP contribution < -0.4 is 5.32 Å². The van der Waals surface area contributed by atoms with E-state index in [0.29, 0.717) is 6.61 Å². The predicted molar refractivity (Wildman–Crippen MR) is 23.4 cm³/mol. The summed E-state index contributed by atoms with van der Waals surface area (Å²) in [6.07, 6.45) is 0.470.